The Balaban J connectivity index is 2.56. The average molecular weight is 155 g/mol. The quantitative estimate of drug-likeness (QED) is 0.702. The second kappa shape index (κ2) is 3.09. The van der Waals surface area contributed by atoms with E-state index in [9.17, 15) is 4.79 Å². The Labute approximate surface area is 63.9 Å². The highest BCUT2D eigenvalue weighted by Crippen LogP contribution is 2.15. The summed E-state index contributed by atoms with van der Waals surface area (Å²) in [5.74, 6) is 0.587. The van der Waals surface area contributed by atoms with Crippen molar-refractivity contribution in [2.45, 2.75) is 13.0 Å². The standard InChI is InChI=1S/C7H9NO3/c1-5(11-7(8)9)6-3-2-4-10-6/h2-5H,1H3,(H2,8,9). The topological polar surface area (TPSA) is 65.5 Å². The molecular formula is C7H9NO3. The molecule has 1 amide bonds. The molecule has 1 unspecified atom stereocenters. The summed E-state index contributed by atoms with van der Waals surface area (Å²) in [6, 6.07) is 3.43. The summed E-state index contributed by atoms with van der Waals surface area (Å²) < 4.78 is 9.60. The third-order valence-corrected chi connectivity index (χ3v) is 1.24. The highest BCUT2D eigenvalue weighted by atomic mass is 16.6. The maximum absolute atomic E-state index is 10.3. The van der Waals surface area contributed by atoms with Gasteiger partial charge in [0.1, 0.15) is 5.76 Å². The predicted octanol–water partition coefficient (Wildman–Crippen LogP) is 1.44. The average Bonchev–Trinajstić information content (AvgIpc) is 2.35. The lowest BCUT2D eigenvalue weighted by atomic mass is 10.3. The predicted molar refractivity (Wildman–Crippen MR) is 37.8 cm³/mol. The van der Waals surface area contributed by atoms with Gasteiger partial charge in [-0.25, -0.2) is 4.79 Å². The van der Waals surface area contributed by atoms with E-state index in [1.54, 1.807) is 19.1 Å². The smallest absolute Gasteiger partial charge is 0.405 e. The number of primary amides is 1. The number of hydrogen-bond donors (Lipinski definition) is 1. The molecule has 0 aromatic carbocycles. The first-order valence-electron chi connectivity index (χ1n) is 3.19. The lowest BCUT2D eigenvalue weighted by molar-refractivity contribution is 0.104. The van der Waals surface area contributed by atoms with Crippen LogP contribution < -0.4 is 5.73 Å². The van der Waals surface area contributed by atoms with Crippen LogP contribution in [0.2, 0.25) is 0 Å². The van der Waals surface area contributed by atoms with E-state index in [0.717, 1.165) is 0 Å². The lowest BCUT2D eigenvalue weighted by Gasteiger charge is -2.06. The molecule has 60 valence electrons. The van der Waals surface area contributed by atoms with E-state index in [-0.39, 0.29) is 0 Å². The van der Waals surface area contributed by atoms with Crippen LogP contribution in [0.25, 0.3) is 0 Å². The van der Waals surface area contributed by atoms with Crippen LogP contribution in [0.1, 0.15) is 18.8 Å². The molecule has 1 rings (SSSR count). The van der Waals surface area contributed by atoms with Gasteiger partial charge >= 0.3 is 6.09 Å². The van der Waals surface area contributed by atoms with Gasteiger partial charge in [-0.3, -0.25) is 0 Å². The maximum Gasteiger partial charge on any atom is 0.405 e. The molecule has 1 aromatic heterocycles. The number of hydrogen-bond acceptors (Lipinski definition) is 3. The van der Waals surface area contributed by atoms with Crippen LogP contribution in [-0.2, 0) is 4.74 Å². The molecule has 1 aromatic rings. The normalized spacial score (nSPS) is 12.5. The second-order valence-corrected chi connectivity index (χ2v) is 2.09. The van der Waals surface area contributed by atoms with Crippen molar-refractivity contribution in [1.82, 2.24) is 0 Å². The van der Waals surface area contributed by atoms with Crippen LogP contribution in [-0.4, -0.2) is 6.09 Å². The molecule has 0 saturated carbocycles. The molecule has 0 radical (unpaired) electrons. The molecule has 0 aliphatic heterocycles. The van der Waals surface area contributed by atoms with Crippen LogP contribution in [0, 0.1) is 0 Å². The minimum absolute atomic E-state index is 0.414. The van der Waals surface area contributed by atoms with E-state index in [4.69, 9.17) is 10.2 Å². The third kappa shape index (κ3) is 2.00. The van der Waals surface area contributed by atoms with Crippen molar-refractivity contribution in [3.63, 3.8) is 0 Å². The minimum atomic E-state index is -0.797. The number of carbonyl (C=O) groups excluding carboxylic acids is 1. The van der Waals surface area contributed by atoms with Crippen molar-refractivity contribution in [2.24, 2.45) is 5.73 Å². The van der Waals surface area contributed by atoms with Crippen molar-refractivity contribution in [3.05, 3.63) is 24.2 Å². The molecule has 4 heteroatoms. The Hall–Kier alpha value is -1.45. The number of rotatable bonds is 2. The lowest BCUT2D eigenvalue weighted by Crippen LogP contribution is -2.15. The molecule has 0 aliphatic carbocycles. The van der Waals surface area contributed by atoms with Gasteiger partial charge in [0.25, 0.3) is 0 Å². The Bertz CT molecular complexity index is 230. The van der Waals surface area contributed by atoms with Gasteiger partial charge in [0.05, 0.1) is 6.26 Å². The first-order chi connectivity index (χ1) is 5.20. The van der Waals surface area contributed by atoms with Gasteiger partial charge in [-0.2, -0.15) is 0 Å². The number of amides is 1. The fourth-order valence-corrected chi connectivity index (χ4v) is 0.755. The molecule has 11 heavy (non-hydrogen) atoms. The van der Waals surface area contributed by atoms with E-state index in [1.807, 2.05) is 0 Å². The highest BCUT2D eigenvalue weighted by Gasteiger charge is 2.10. The summed E-state index contributed by atoms with van der Waals surface area (Å²) in [5.41, 5.74) is 4.80. The Kier molecular flexibility index (Phi) is 2.15. The van der Waals surface area contributed by atoms with Crippen molar-refractivity contribution in [3.8, 4) is 0 Å². The SMILES string of the molecule is CC(OC(N)=O)c1ccco1. The second-order valence-electron chi connectivity index (χ2n) is 2.09. The molecule has 0 spiro atoms. The van der Waals surface area contributed by atoms with Gasteiger partial charge < -0.3 is 14.9 Å². The summed E-state index contributed by atoms with van der Waals surface area (Å²) in [6.07, 6.45) is 0.298. The van der Waals surface area contributed by atoms with Crippen LogP contribution in [0.15, 0.2) is 22.8 Å². The van der Waals surface area contributed by atoms with Gasteiger partial charge in [-0.05, 0) is 19.1 Å². The number of carbonyl (C=O) groups is 1. The zero-order valence-electron chi connectivity index (χ0n) is 6.11. The number of ether oxygens (including phenoxy) is 1. The molecule has 4 nitrogen and oxygen atoms in total. The van der Waals surface area contributed by atoms with Gasteiger partial charge in [0.2, 0.25) is 0 Å². The van der Waals surface area contributed by atoms with Crippen molar-refractivity contribution in [1.29, 1.82) is 0 Å². The highest BCUT2D eigenvalue weighted by molar-refractivity contribution is 5.64. The van der Waals surface area contributed by atoms with E-state index in [0.29, 0.717) is 5.76 Å². The van der Waals surface area contributed by atoms with Crippen molar-refractivity contribution < 1.29 is 13.9 Å². The first-order valence-corrected chi connectivity index (χ1v) is 3.19. The zero-order valence-corrected chi connectivity index (χ0v) is 6.11. The van der Waals surface area contributed by atoms with Gasteiger partial charge in [-0.1, -0.05) is 0 Å². The minimum Gasteiger partial charge on any atom is -0.465 e. The fourth-order valence-electron chi connectivity index (χ4n) is 0.755. The summed E-state index contributed by atoms with van der Waals surface area (Å²) in [5, 5.41) is 0. The van der Waals surface area contributed by atoms with E-state index >= 15 is 0 Å². The first kappa shape index (κ1) is 7.65. The molecule has 0 aliphatic rings. The van der Waals surface area contributed by atoms with Gasteiger partial charge in [-0.15, -0.1) is 0 Å². The van der Waals surface area contributed by atoms with Crippen LogP contribution >= 0.6 is 0 Å². The molecule has 0 saturated heterocycles. The fraction of sp³-hybridized carbons (Fsp3) is 0.286. The van der Waals surface area contributed by atoms with Crippen molar-refractivity contribution in [2.75, 3.05) is 0 Å². The summed E-state index contributed by atoms with van der Waals surface area (Å²) >= 11 is 0. The van der Waals surface area contributed by atoms with Gasteiger partial charge in [0, 0.05) is 0 Å². The monoisotopic (exact) mass is 155 g/mol. The molecule has 0 fully saturated rings. The number of nitrogens with two attached hydrogens (primary N) is 1. The van der Waals surface area contributed by atoms with E-state index < -0.39 is 12.2 Å². The van der Waals surface area contributed by atoms with Crippen LogP contribution in [0.3, 0.4) is 0 Å². The molecule has 0 bridgehead atoms. The molecule has 2 N–H and O–H groups in total. The Morgan fingerprint density at radius 2 is 2.55 bits per heavy atom. The zero-order chi connectivity index (χ0) is 8.27. The van der Waals surface area contributed by atoms with E-state index in [1.165, 1.54) is 6.26 Å². The molecule has 1 heterocycles. The van der Waals surface area contributed by atoms with Crippen molar-refractivity contribution >= 4 is 6.09 Å². The molecular weight excluding hydrogens is 146 g/mol. The van der Waals surface area contributed by atoms with E-state index in [2.05, 4.69) is 4.74 Å². The Morgan fingerprint density at radius 1 is 1.82 bits per heavy atom. The van der Waals surface area contributed by atoms with Crippen LogP contribution in [0.4, 0.5) is 4.79 Å². The Morgan fingerprint density at radius 3 is 3.00 bits per heavy atom. The largest absolute Gasteiger partial charge is 0.465 e. The van der Waals surface area contributed by atoms with Gasteiger partial charge in [0.15, 0.2) is 6.10 Å². The molecule has 1 atom stereocenters. The maximum atomic E-state index is 10.3. The summed E-state index contributed by atoms with van der Waals surface area (Å²) in [4.78, 5) is 10.3. The summed E-state index contributed by atoms with van der Waals surface area (Å²) in [6.45, 7) is 1.68. The number of furan rings is 1. The summed E-state index contributed by atoms with van der Waals surface area (Å²) in [7, 11) is 0. The van der Waals surface area contributed by atoms with Crippen LogP contribution in [0.5, 0.6) is 0 Å². The third-order valence-electron chi connectivity index (χ3n) is 1.24.